The Hall–Kier alpha value is -1.70. The Morgan fingerprint density at radius 1 is 1.00 bits per heavy atom. The minimum Gasteiger partial charge on any atom is -0.311 e. The van der Waals surface area contributed by atoms with E-state index in [1.807, 2.05) is 22.8 Å². The van der Waals surface area contributed by atoms with E-state index >= 15 is 0 Å². The molecule has 29 heavy (non-hydrogen) atoms. The van der Waals surface area contributed by atoms with Crippen molar-refractivity contribution < 1.29 is 0 Å². The molecule has 2 aromatic carbocycles. The minimum absolute atomic E-state index is 0.414. The molecule has 0 fully saturated rings. The third-order valence-corrected chi connectivity index (χ3v) is 6.74. The number of anilines is 2. The van der Waals surface area contributed by atoms with Gasteiger partial charge < -0.3 is 21.3 Å². The summed E-state index contributed by atoms with van der Waals surface area (Å²) in [7, 11) is 0. The minimum atomic E-state index is -0.471. The second kappa shape index (κ2) is 7.85. The van der Waals surface area contributed by atoms with Crippen LogP contribution in [0.4, 0.5) is 11.4 Å². The lowest BCUT2D eigenvalue weighted by atomic mass is 10.0. The summed E-state index contributed by atoms with van der Waals surface area (Å²) in [5.41, 5.74) is 16.5. The van der Waals surface area contributed by atoms with Gasteiger partial charge in [-0.15, -0.1) is 0 Å². The fraction of sp³-hybridized carbons (Fsp3) is 0.286. The maximum Gasteiger partial charge on any atom is 0.136 e. The Balaban J connectivity index is 1.76. The van der Waals surface area contributed by atoms with Crippen molar-refractivity contribution in [2.45, 2.75) is 38.4 Å². The molecule has 8 heteroatoms. The van der Waals surface area contributed by atoms with E-state index in [0.717, 1.165) is 22.2 Å². The number of rotatable bonds is 3. The fourth-order valence-electron chi connectivity index (χ4n) is 3.68. The first-order valence-electron chi connectivity index (χ1n) is 9.39. The summed E-state index contributed by atoms with van der Waals surface area (Å²) in [4.78, 5) is 8.71. The number of halogens is 2. The highest BCUT2D eigenvalue weighted by molar-refractivity contribution is 8.04. The highest BCUT2D eigenvalue weighted by Gasteiger charge is 2.42. The van der Waals surface area contributed by atoms with E-state index in [1.165, 1.54) is 17.3 Å². The molecule has 4 N–H and O–H groups in total. The van der Waals surface area contributed by atoms with Crippen molar-refractivity contribution in [3.63, 3.8) is 0 Å². The van der Waals surface area contributed by atoms with Crippen LogP contribution in [0.1, 0.15) is 32.3 Å². The molecule has 0 aromatic heterocycles. The Labute approximate surface area is 185 Å². The topological polar surface area (TPSA) is 70.9 Å². The summed E-state index contributed by atoms with van der Waals surface area (Å²) in [5.74, 6) is 1.28. The Kier molecular flexibility index (Phi) is 5.57. The molecule has 2 heterocycles. The van der Waals surface area contributed by atoms with Crippen molar-refractivity contribution >= 4 is 52.2 Å². The molecule has 5 nitrogen and oxygen atoms in total. The molecule has 0 amide bonds. The van der Waals surface area contributed by atoms with Gasteiger partial charge in [-0.05, 0) is 42.7 Å². The smallest absolute Gasteiger partial charge is 0.136 e. The first-order valence-corrected chi connectivity index (χ1v) is 11.0. The highest BCUT2D eigenvalue weighted by atomic mass is 35.5. The summed E-state index contributed by atoms with van der Waals surface area (Å²) < 4.78 is 0. The molecule has 0 saturated carbocycles. The van der Waals surface area contributed by atoms with Crippen molar-refractivity contribution in [3.8, 4) is 0 Å². The van der Waals surface area contributed by atoms with Gasteiger partial charge in [-0.1, -0.05) is 67.0 Å². The van der Waals surface area contributed by atoms with Crippen molar-refractivity contribution in [2.75, 3.05) is 9.80 Å². The Morgan fingerprint density at radius 2 is 1.62 bits per heavy atom. The van der Waals surface area contributed by atoms with Crippen molar-refractivity contribution in [3.05, 3.63) is 68.8 Å². The first kappa shape index (κ1) is 20.6. The number of nitrogens with zero attached hydrogens (tertiary/aromatic N) is 3. The quantitative estimate of drug-likeness (QED) is 0.667. The standard InChI is InChI=1S/C21H23Cl2N5S/c1-11(2)13-7-9-14(10-8-13)27-12(3)26-20-18(19(27)24)28(21(25)29-20)17-15(22)5-4-6-16(17)23/h4-11,19,21H,24-25H2,1-3H3. The van der Waals surface area contributed by atoms with Crippen molar-refractivity contribution in [1.29, 1.82) is 0 Å². The van der Waals surface area contributed by atoms with Crippen LogP contribution in [0.2, 0.25) is 10.0 Å². The lowest BCUT2D eigenvalue weighted by Crippen LogP contribution is -2.53. The van der Waals surface area contributed by atoms with Crippen LogP contribution in [0.15, 0.2) is 58.2 Å². The molecule has 0 saturated heterocycles. The number of nitrogens with two attached hydrogens (primary N) is 2. The molecule has 2 aliphatic rings. The number of amidine groups is 1. The van der Waals surface area contributed by atoms with E-state index in [0.29, 0.717) is 21.7 Å². The van der Waals surface area contributed by atoms with Gasteiger partial charge in [0.1, 0.15) is 22.5 Å². The van der Waals surface area contributed by atoms with Crippen LogP contribution in [0.3, 0.4) is 0 Å². The van der Waals surface area contributed by atoms with E-state index in [1.54, 1.807) is 12.1 Å². The molecular weight excluding hydrogens is 425 g/mol. The van der Waals surface area contributed by atoms with Gasteiger partial charge in [0.05, 0.1) is 21.4 Å². The van der Waals surface area contributed by atoms with E-state index in [4.69, 9.17) is 39.7 Å². The van der Waals surface area contributed by atoms with Crippen LogP contribution in [0.5, 0.6) is 0 Å². The van der Waals surface area contributed by atoms with Crippen LogP contribution in [0, 0.1) is 0 Å². The molecule has 2 atom stereocenters. The monoisotopic (exact) mass is 447 g/mol. The maximum atomic E-state index is 6.77. The maximum absolute atomic E-state index is 6.77. The molecule has 0 aliphatic carbocycles. The molecule has 0 spiro atoms. The summed E-state index contributed by atoms with van der Waals surface area (Å²) >= 11 is 14.4. The number of benzene rings is 2. The van der Waals surface area contributed by atoms with Gasteiger partial charge in [-0.3, -0.25) is 0 Å². The molecule has 2 aliphatic heterocycles. The fourth-order valence-corrected chi connectivity index (χ4v) is 5.34. The van der Waals surface area contributed by atoms with E-state index in [2.05, 4.69) is 38.1 Å². The SMILES string of the molecule is CC1=NC2=C(C(N)N1c1ccc(C(C)C)cc1)N(c1c(Cl)cccc1Cl)C(N)S2. The Bertz CT molecular complexity index is 982. The number of aliphatic imine (C=N–C) groups is 1. The summed E-state index contributed by atoms with van der Waals surface area (Å²) in [6.45, 7) is 6.30. The van der Waals surface area contributed by atoms with Gasteiger partial charge in [0.15, 0.2) is 0 Å². The Morgan fingerprint density at radius 3 is 2.21 bits per heavy atom. The van der Waals surface area contributed by atoms with E-state index in [9.17, 15) is 0 Å². The number of hydrogen-bond donors (Lipinski definition) is 2. The second-order valence-corrected chi connectivity index (χ2v) is 9.28. The van der Waals surface area contributed by atoms with Crippen molar-refractivity contribution in [1.82, 2.24) is 0 Å². The van der Waals surface area contributed by atoms with Gasteiger partial charge in [0.2, 0.25) is 0 Å². The summed E-state index contributed by atoms with van der Waals surface area (Å²) in [6, 6.07) is 13.8. The summed E-state index contributed by atoms with van der Waals surface area (Å²) in [6.07, 6.45) is -0.471. The second-order valence-electron chi connectivity index (χ2n) is 7.36. The molecule has 4 rings (SSSR count). The van der Waals surface area contributed by atoms with Gasteiger partial charge in [-0.2, -0.15) is 0 Å². The third-order valence-electron chi connectivity index (χ3n) is 5.15. The zero-order chi connectivity index (χ0) is 20.9. The van der Waals surface area contributed by atoms with Gasteiger partial charge in [0.25, 0.3) is 0 Å². The molecule has 0 bridgehead atoms. The van der Waals surface area contributed by atoms with E-state index in [-0.39, 0.29) is 0 Å². The van der Waals surface area contributed by atoms with Crippen LogP contribution in [-0.2, 0) is 0 Å². The van der Waals surface area contributed by atoms with Gasteiger partial charge in [-0.25, -0.2) is 4.99 Å². The molecule has 0 radical (unpaired) electrons. The molecule has 152 valence electrons. The summed E-state index contributed by atoms with van der Waals surface area (Å²) in [5, 5.41) is 1.84. The number of thioether (sulfide) groups is 1. The van der Waals surface area contributed by atoms with Crippen molar-refractivity contribution in [2.24, 2.45) is 16.5 Å². The average molecular weight is 448 g/mol. The van der Waals surface area contributed by atoms with Crippen LogP contribution in [0.25, 0.3) is 0 Å². The number of hydrogen-bond acceptors (Lipinski definition) is 6. The zero-order valence-electron chi connectivity index (χ0n) is 16.4. The number of para-hydroxylation sites is 1. The molecule has 2 aromatic rings. The highest BCUT2D eigenvalue weighted by Crippen LogP contribution is 2.48. The molecular formula is C21H23Cl2N5S. The third kappa shape index (κ3) is 3.53. The van der Waals surface area contributed by atoms with Gasteiger partial charge in [0, 0.05) is 5.69 Å². The van der Waals surface area contributed by atoms with Crippen LogP contribution in [-0.4, -0.2) is 17.5 Å². The average Bonchev–Trinajstić information content (AvgIpc) is 2.98. The van der Waals surface area contributed by atoms with E-state index < -0.39 is 11.7 Å². The van der Waals surface area contributed by atoms with Gasteiger partial charge >= 0.3 is 0 Å². The van der Waals surface area contributed by atoms with Crippen LogP contribution >= 0.6 is 35.0 Å². The normalized spacial score (nSPS) is 21.7. The lowest BCUT2D eigenvalue weighted by molar-refractivity contribution is 0.716. The lowest BCUT2D eigenvalue weighted by Gasteiger charge is -2.38. The largest absolute Gasteiger partial charge is 0.311 e. The molecule has 2 unspecified atom stereocenters. The zero-order valence-corrected chi connectivity index (χ0v) is 18.8. The predicted molar refractivity (Wildman–Crippen MR) is 126 cm³/mol. The first-order chi connectivity index (χ1) is 13.8. The van der Waals surface area contributed by atoms with Crippen LogP contribution < -0.4 is 21.3 Å². The predicted octanol–water partition coefficient (Wildman–Crippen LogP) is 5.30.